The van der Waals surface area contributed by atoms with Crippen molar-refractivity contribution in [2.75, 3.05) is 31.2 Å². The fourth-order valence-electron chi connectivity index (χ4n) is 1.71. The van der Waals surface area contributed by atoms with Crippen molar-refractivity contribution in [3.05, 3.63) is 16.5 Å². The van der Waals surface area contributed by atoms with Crippen LogP contribution >= 0.6 is 15.9 Å². The summed E-state index contributed by atoms with van der Waals surface area (Å²) >= 11 is 3.19. The molecule has 0 saturated carbocycles. The predicted octanol–water partition coefficient (Wildman–Crippen LogP) is 1.85. The third-order valence-corrected chi connectivity index (χ3v) is 3.09. The lowest BCUT2D eigenvalue weighted by atomic mass is 10.3. The molecule has 0 bridgehead atoms. The van der Waals surface area contributed by atoms with Crippen molar-refractivity contribution >= 4 is 27.7 Å². The third kappa shape index (κ3) is 3.40. The van der Waals surface area contributed by atoms with Gasteiger partial charge in [0.25, 0.3) is 0 Å². The second kappa shape index (κ2) is 5.96. The summed E-state index contributed by atoms with van der Waals surface area (Å²) in [7, 11) is 0. The Hall–Kier alpha value is -1.35. The molecule has 0 N–H and O–H groups in total. The first-order chi connectivity index (χ1) is 9.43. The van der Waals surface area contributed by atoms with E-state index in [1.165, 1.54) is 11.1 Å². The summed E-state index contributed by atoms with van der Waals surface area (Å²) in [6.07, 6.45) is -1.91. The second-order valence-electron chi connectivity index (χ2n) is 3.99. The minimum Gasteiger partial charge on any atom is -0.460 e. The van der Waals surface area contributed by atoms with Gasteiger partial charge >= 0.3 is 12.1 Å². The van der Waals surface area contributed by atoms with E-state index in [2.05, 4.69) is 30.6 Å². The zero-order chi connectivity index (χ0) is 14.8. The van der Waals surface area contributed by atoms with Gasteiger partial charge in [0.15, 0.2) is 0 Å². The van der Waals surface area contributed by atoms with Gasteiger partial charge < -0.3 is 14.4 Å². The highest BCUT2D eigenvalue weighted by Crippen LogP contribution is 2.29. The molecule has 1 fully saturated rings. The summed E-state index contributed by atoms with van der Waals surface area (Å²) < 4.78 is 36.0. The van der Waals surface area contributed by atoms with Crippen LogP contribution in [0.2, 0.25) is 0 Å². The number of carbonyl (C=O) groups is 1. The van der Waals surface area contributed by atoms with Crippen LogP contribution in [-0.4, -0.2) is 48.3 Å². The number of hydrogen-bond acceptors (Lipinski definition) is 6. The fraction of sp³-hybridized carbons (Fsp3) is 0.545. The average Bonchev–Trinajstić information content (AvgIpc) is 2.38. The van der Waals surface area contributed by atoms with Gasteiger partial charge in [-0.05, 0) is 22.9 Å². The number of hydrogen-bond donors (Lipinski definition) is 0. The van der Waals surface area contributed by atoms with Crippen molar-refractivity contribution in [1.29, 1.82) is 0 Å². The van der Waals surface area contributed by atoms with Gasteiger partial charge in [-0.3, -0.25) is 0 Å². The van der Waals surface area contributed by atoms with Gasteiger partial charge in [-0.25, -0.2) is 14.8 Å². The van der Waals surface area contributed by atoms with E-state index in [4.69, 9.17) is 4.74 Å². The summed E-state index contributed by atoms with van der Waals surface area (Å²) in [5, 5.41) is 0. The van der Waals surface area contributed by atoms with E-state index in [0.717, 1.165) is 0 Å². The van der Waals surface area contributed by atoms with Gasteiger partial charge in [-0.2, -0.15) is 8.78 Å². The number of alkyl halides is 2. The molecule has 1 aromatic rings. The number of aromatic nitrogens is 2. The number of nitrogens with zero attached hydrogens (tertiary/aromatic N) is 3. The van der Waals surface area contributed by atoms with E-state index in [-0.39, 0.29) is 31.4 Å². The van der Waals surface area contributed by atoms with E-state index < -0.39 is 18.6 Å². The Kier molecular flexibility index (Phi) is 4.48. The fourth-order valence-corrected chi connectivity index (χ4v) is 2.15. The Labute approximate surface area is 122 Å². The molecule has 110 valence electrons. The van der Waals surface area contributed by atoms with Gasteiger partial charge in [0.1, 0.15) is 12.4 Å². The molecule has 2 rings (SSSR count). The average molecular weight is 352 g/mol. The van der Waals surface area contributed by atoms with Gasteiger partial charge in [0, 0.05) is 12.7 Å². The highest BCUT2D eigenvalue weighted by atomic mass is 79.9. The molecule has 1 aromatic heterocycles. The molecule has 0 amide bonds. The molecule has 0 unspecified atom stereocenters. The van der Waals surface area contributed by atoms with Gasteiger partial charge in [-0.15, -0.1) is 0 Å². The Balaban J connectivity index is 2.26. The van der Waals surface area contributed by atoms with Crippen molar-refractivity contribution in [2.45, 2.75) is 13.0 Å². The largest absolute Gasteiger partial charge is 0.460 e. The van der Waals surface area contributed by atoms with Gasteiger partial charge in [0.2, 0.25) is 5.82 Å². The summed E-state index contributed by atoms with van der Waals surface area (Å²) in [6, 6.07) is 0. The summed E-state index contributed by atoms with van der Waals surface area (Å²) in [6.45, 7) is 1.32. The van der Waals surface area contributed by atoms with Crippen LogP contribution in [0.15, 0.2) is 10.7 Å². The second-order valence-corrected chi connectivity index (χ2v) is 4.85. The first-order valence-corrected chi connectivity index (χ1v) is 6.68. The lowest BCUT2D eigenvalue weighted by molar-refractivity contribution is -0.240. The van der Waals surface area contributed by atoms with E-state index in [1.807, 2.05) is 0 Å². The minimum absolute atomic E-state index is 0.127. The van der Waals surface area contributed by atoms with Gasteiger partial charge in [-0.1, -0.05) is 0 Å². The van der Waals surface area contributed by atoms with Crippen molar-refractivity contribution in [3.8, 4) is 0 Å². The van der Waals surface area contributed by atoms with E-state index in [9.17, 15) is 13.6 Å². The smallest absolute Gasteiger partial charge is 0.376 e. The van der Waals surface area contributed by atoms with Crippen molar-refractivity contribution < 1.29 is 23.0 Å². The van der Waals surface area contributed by atoms with Crippen LogP contribution in [0, 0.1) is 0 Å². The molecule has 1 aliphatic rings. The number of rotatable bonds is 3. The lowest BCUT2D eigenvalue weighted by Gasteiger charge is -2.33. The first kappa shape index (κ1) is 15.0. The predicted molar refractivity (Wildman–Crippen MR) is 68.8 cm³/mol. The maximum Gasteiger partial charge on any atom is 0.376 e. The van der Waals surface area contributed by atoms with Crippen LogP contribution in [0.5, 0.6) is 0 Å². The topological polar surface area (TPSA) is 64.5 Å². The number of morpholine rings is 1. The maximum atomic E-state index is 13.2. The molecule has 0 aliphatic carbocycles. The van der Waals surface area contributed by atoms with E-state index >= 15 is 0 Å². The summed E-state index contributed by atoms with van der Waals surface area (Å²) in [5.74, 6) is -0.646. The number of anilines is 1. The molecule has 20 heavy (non-hydrogen) atoms. The highest BCUT2D eigenvalue weighted by Gasteiger charge is 2.38. The molecule has 1 saturated heterocycles. The van der Waals surface area contributed by atoms with Crippen molar-refractivity contribution in [2.24, 2.45) is 0 Å². The Morgan fingerprint density at radius 2 is 2.40 bits per heavy atom. The van der Waals surface area contributed by atoms with Gasteiger partial charge in [0.05, 0.1) is 17.7 Å². The minimum atomic E-state index is -3.24. The van der Waals surface area contributed by atoms with Crippen LogP contribution < -0.4 is 4.90 Å². The van der Waals surface area contributed by atoms with E-state index in [0.29, 0.717) is 4.47 Å². The quantitative estimate of drug-likeness (QED) is 0.774. The third-order valence-electron chi connectivity index (χ3n) is 2.53. The molecule has 0 aromatic carbocycles. The lowest BCUT2D eigenvalue weighted by Crippen LogP contribution is -2.47. The van der Waals surface area contributed by atoms with Crippen molar-refractivity contribution in [3.63, 3.8) is 0 Å². The normalized spacial score (nSPS) is 17.9. The molecular formula is C11H12BrF2N3O3. The van der Waals surface area contributed by atoms with E-state index in [1.54, 1.807) is 6.92 Å². The summed E-state index contributed by atoms with van der Waals surface area (Å²) in [4.78, 5) is 20.7. The number of ether oxygens (including phenoxy) is 2. The van der Waals surface area contributed by atoms with Crippen molar-refractivity contribution in [1.82, 2.24) is 9.97 Å². The zero-order valence-electron chi connectivity index (χ0n) is 10.6. The number of halogens is 3. The molecular weight excluding hydrogens is 340 g/mol. The molecule has 0 spiro atoms. The van der Waals surface area contributed by atoms with Crippen LogP contribution in [0.1, 0.15) is 17.5 Å². The monoisotopic (exact) mass is 351 g/mol. The highest BCUT2D eigenvalue weighted by molar-refractivity contribution is 9.10. The van der Waals surface area contributed by atoms with Crippen LogP contribution in [0.3, 0.4) is 0 Å². The Morgan fingerprint density at radius 1 is 1.65 bits per heavy atom. The number of esters is 1. The van der Waals surface area contributed by atoms with Crippen LogP contribution in [-0.2, 0) is 9.47 Å². The van der Waals surface area contributed by atoms with Crippen LogP contribution in [0.4, 0.5) is 14.6 Å². The Bertz CT molecular complexity index is 516. The Morgan fingerprint density at radius 3 is 3.05 bits per heavy atom. The molecule has 0 atom stereocenters. The molecule has 9 heteroatoms. The molecule has 1 aliphatic heterocycles. The standard InChI is InChI=1S/C11H12BrF2N3O3/c1-2-19-10(18)8-15-5-7(12)9(16-8)17-3-4-20-11(13,14)6-17/h5H,2-4,6H2,1H3. The molecule has 0 radical (unpaired) electrons. The molecule has 6 nitrogen and oxygen atoms in total. The molecule has 2 heterocycles. The number of carbonyl (C=O) groups excluding carboxylic acids is 1. The zero-order valence-corrected chi connectivity index (χ0v) is 12.2. The maximum absolute atomic E-state index is 13.2. The SMILES string of the molecule is CCOC(=O)c1ncc(Br)c(N2CCOC(F)(F)C2)n1. The first-order valence-electron chi connectivity index (χ1n) is 5.89. The summed E-state index contributed by atoms with van der Waals surface area (Å²) in [5.41, 5.74) is 0. The van der Waals surface area contributed by atoms with Crippen LogP contribution in [0.25, 0.3) is 0 Å².